The SMILES string of the molecule is N#Cc1ccccc1CN1C(=O)N(c2ccc(Cl)cc2)C(=O)C2C3=C(CCCCC3)SC21. The molecule has 2 heterocycles. The third kappa shape index (κ3) is 3.60. The lowest BCUT2D eigenvalue weighted by Crippen LogP contribution is -2.60. The minimum Gasteiger partial charge on any atom is -0.306 e. The van der Waals surface area contributed by atoms with E-state index in [4.69, 9.17) is 11.6 Å². The predicted octanol–water partition coefficient (Wildman–Crippen LogP) is 6.09. The first-order valence-corrected chi connectivity index (χ1v) is 12.1. The first-order chi connectivity index (χ1) is 15.6. The van der Waals surface area contributed by atoms with Gasteiger partial charge in [0, 0.05) is 11.6 Å². The molecule has 0 saturated carbocycles. The standard InChI is InChI=1S/C25H22ClN3O2S/c26-18-10-12-19(13-11-18)29-23(30)22-20-8-2-1-3-9-21(20)32-24(22)28(25(29)31)15-17-7-5-4-6-16(17)14-27/h4-7,10-13,22,24H,1-3,8-9,15H2. The number of nitrogens with zero attached hydrogens (tertiary/aromatic N) is 3. The van der Waals surface area contributed by atoms with Gasteiger partial charge in [0.25, 0.3) is 0 Å². The Morgan fingerprint density at radius 1 is 1.03 bits per heavy atom. The Bertz CT molecular complexity index is 1150. The molecular formula is C25H22ClN3O2S. The number of imide groups is 1. The summed E-state index contributed by atoms with van der Waals surface area (Å²) < 4.78 is 0. The van der Waals surface area contributed by atoms with Crippen molar-refractivity contribution in [2.24, 2.45) is 5.92 Å². The quantitative estimate of drug-likeness (QED) is 0.552. The number of nitriles is 1. The van der Waals surface area contributed by atoms with Crippen molar-refractivity contribution in [3.63, 3.8) is 0 Å². The van der Waals surface area contributed by atoms with E-state index in [1.807, 2.05) is 18.2 Å². The van der Waals surface area contributed by atoms with Crippen LogP contribution in [0.5, 0.6) is 0 Å². The van der Waals surface area contributed by atoms with Crippen LogP contribution in [0, 0.1) is 17.2 Å². The van der Waals surface area contributed by atoms with Crippen molar-refractivity contribution in [2.75, 3.05) is 4.90 Å². The molecule has 0 radical (unpaired) electrons. The fraction of sp³-hybridized carbons (Fsp3) is 0.320. The molecule has 3 aliphatic rings. The zero-order valence-electron chi connectivity index (χ0n) is 17.5. The molecule has 162 valence electrons. The molecule has 5 nitrogen and oxygen atoms in total. The number of hydrogen-bond acceptors (Lipinski definition) is 4. The van der Waals surface area contributed by atoms with Crippen LogP contribution in [0.4, 0.5) is 10.5 Å². The van der Waals surface area contributed by atoms with Crippen LogP contribution in [0.15, 0.2) is 59.0 Å². The summed E-state index contributed by atoms with van der Waals surface area (Å²) in [7, 11) is 0. The number of halogens is 1. The fourth-order valence-corrected chi connectivity index (χ4v) is 6.62. The number of carbonyl (C=O) groups excluding carboxylic acids is 2. The molecule has 5 rings (SSSR count). The monoisotopic (exact) mass is 463 g/mol. The summed E-state index contributed by atoms with van der Waals surface area (Å²) in [6.07, 6.45) is 5.23. The van der Waals surface area contributed by atoms with Crippen LogP contribution in [0.25, 0.3) is 0 Å². The molecule has 2 unspecified atom stereocenters. The van der Waals surface area contributed by atoms with Gasteiger partial charge in [-0.25, -0.2) is 9.69 Å². The number of anilines is 1. The van der Waals surface area contributed by atoms with E-state index >= 15 is 0 Å². The Balaban J connectivity index is 1.58. The minimum absolute atomic E-state index is 0.161. The van der Waals surface area contributed by atoms with Crippen LogP contribution in [-0.4, -0.2) is 22.2 Å². The van der Waals surface area contributed by atoms with Crippen LogP contribution in [0.3, 0.4) is 0 Å². The van der Waals surface area contributed by atoms with Crippen LogP contribution in [-0.2, 0) is 11.3 Å². The number of benzene rings is 2. The number of carbonyl (C=O) groups is 2. The average molecular weight is 464 g/mol. The second-order valence-electron chi connectivity index (χ2n) is 8.32. The molecule has 1 fully saturated rings. The molecule has 0 aromatic heterocycles. The van der Waals surface area contributed by atoms with E-state index in [0.29, 0.717) is 16.3 Å². The third-order valence-corrected chi connectivity index (χ3v) is 8.20. The Labute approximate surface area is 196 Å². The first kappa shape index (κ1) is 21.1. The average Bonchev–Trinajstić information content (AvgIpc) is 3.01. The van der Waals surface area contributed by atoms with E-state index in [-0.39, 0.29) is 29.8 Å². The fourth-order valence-electron chi connectivity index (χ4n) is 4.85. The number of hydrogen-bond donors (Lipinski definition) is 0. The van der Waals surface area contributed by atoms with Crippen molar-refractivity contribution < 1.29 is 9.59 Å². The van der Waals surface area contributed by atoms with Gasteiger partial charge < -0.3 is 4.90 Å². The van der Waals surface area contributed by atoms with E-state index in [0.717, 1.165) is 37.7 Å². The third-order valence-electron chi connectivity index (χ3n) is 6.43. The molecule has 7 heteroatoms. The van der Waals surface area contributed by atoms with Gasteiger partial charge in [-0.05, 0) is 72.1 Å². The molecule has 2 aliphatic heterocycles. The number of fused-ring (bicyclic) bond motifs is 2. The second-order valence-corrected chi connectivity index (χ2v) is 9.97. The highest BCUT2D eigenvalue weighted by Gasteiger charge is 2.52. The Morgan fingerprint density at radius 3 is 2.56 bits per heavy atom. The zero-order valence-corrected chi connectivity index (χ0v) is 19.0. The summed E-state index contributed by atoms with van der Waals surface area (Å²) >= 11 is 7.72. The largest absolute Gasteiger partial charge is 0.332 e. The zero-order chi connectivity index (χ0) is 22.2. The maximum absolute atomic E-state index is 13.7. The smallest absolute Gasteiger partial charge is 0.306 e. The normalized spacial score (nSPS) is 23.0. The maximum Gasteiger partial charge on any atom is 0.332 e. The number of rotatable bonds is 3. The van der Waals surface area contributed by atoms with E-state index in [1.54, 1.807) is 47.0 Å². The van der Waals surface area contributed by atoms with Gasteiger partial charge >= 0.3 is 6.03 Å². The molecule has 0 spiro atoms. The lowest BCUT2D eigenvalue weighted by Gasteiger charge is -2.42. The Morgan fingerprint density at radius 2 is 1.78 bits per heavy atom. The molecule has 2 atom stereocenters. The summed E-state index contributed by atoms with van der Waals surface area (Å²) in [5.74, 6) is -0.512. The summed E-state index contributed by atoms with van der Waals surface area (Å²) in [5, 5.41) is 9.83. The van der Waals surface area contributed by atoms with Crippen LogP contribution < -0.4 is 4.90 Å². The van der Waals surface area contributed by atoms with E-state index in [2.05, 4.69) is 6.07 Å². The second kappa shape index (κ2) is 8.65. The van der Waals surface area contributed by atoms with Crippen molar-refractivity contribution in [3.05, 3.63) is 75.2 Å². The van der Waals surface area contributed by atoms with E-state index in [1.165, 1.54) is 15.4 Å². The van der Waals surface area contributed by atoms with E-state index in [9.17, 15) is 14.9 Å². The molecule has 0 bridgehead atoms. The van der Waals surface area contributed by atoms with Gasteiger partial charge in [-0.3, -0.25) is 4.79 Å². The number of urea groups is 1. The lowest BCUT2D eigenvalue weighted by atomic mass is 9.90. The van der Waals surface area contributed by atoms with Crippen molar-refractivity contribution >= 4 is 41.0 Å². The summed E-state index contributed by atoms with van der Waals surface area (Å²) in [5.41, 5.74) is 3.06. The van der Waals surface area contributed by atoms with Gasteiger partial charge in [-0.1, -0.05) is 36.2 Å². The Kier molecular flexibility index (Phi) is 5.71. The van der Waals surface area contributed by atoms with Gasteiger partial charge in [0.1, 0.15) is 0 Å². The molecule has 3 amide bonds. The van der Waals surface area contributed by atoms with Gasteiger partial charge in [0.15, 0.2) is 0 Å². The summed E-state index contributed by atoms with van der Waals surface area (Å²) in [6, 6.07) is 16.0. The van der Waals surface area contributed by atoms with Gasteiger partial charge in [-0.15, -0.1) is 11.8 Å². The van der Waals surface area contributed by atoms with Gasteiger partial charge in [0.05, 0.1) is 28.6 Å². The van der Waals surface area contributed by atoms with Crippen LogP contribution in [0.1, 0.15) is 43.2 Å². The topological polar surface area (TPSA) is 64.4 Å². The molecule has 2 aromatic carbocycles. The molecular weight excluding hydrogens is 442 g/mol. The minimum atomic E-state index is -0.351. The van der Waals surface area contributed by atoms with Crippen LogP contribution in [0.2, 0.25) is 5.02 Å². The molecule has 1 aliphatic carbocycles. The van der Waals surface area contributed by atoms with Crippen molar-refractivity contribution in [1.82, 2.24) is 4.90 Å². The van der Waals surface area contributed by atoms with Crippen molar-refractivity contribution in [2.45, 2.75) is 44.0 Å². The molecule has 0 N–H and O–H groups in total. The first-order valence-electron chi connectivity index (χ1n) is 10.8. The van der Waals surface area contributed by atoms with Crippen molar-refractivity contribution in [1.29, 1.82) is 5.26 Å². The lowest BCUT2D eigenvalue weighted by molar-refractivity contribution is -0.122. The van der Waals surface area contributed by atoms with Gasteiger partial charge in [0.2, 0.25) is 5.91 Å². The maximum atomic E-state index is 13.7. The van der Waals surface area contributed by atoms with E-state index < -0.39 is 0 Å². The van der Waals surface area contributed by atoms with Crippen LogP contribution >= 0.6 is 23.4 Å². The molecule has 2 aromatic rings. The highest BCUT2D eigenvalue weighted by atomic mass is 35.5. The summed E-state index contributed by atoms with van der Waals surface area (Å²) in [4.78, 5) is 31.8. The Hall–Kier alpha value is -2.75. The highest BCUT2D eigenvalue weighted by molar-refractivity contribution is 8.04. The molecule has 1 saturated heterocycles. The number of amides is 3. The molecule has 32 heavy (non-hydrogen) atoms. The number of thioether (sulfide) groups is 1. The van der Waals surface area contributed by atoms with Gasteiger partial charge in [-0.2, -0.15) is 5.26 Å². The number of allylic oxidation sites excluding steroid dienone is 1. The summed E-state index contributed by atoms with van der Waals surface area (Å²) in [6.45, 7) is 0.286. The predicted molar refractivity (Wildman–Crippen MR) is 126 cm³/mol. The highest BCUT2D eigenvalue weighted by Crippen LogP contribution is 2.52. The van der Waals surface area contributed by atoms with Crippen molar-refractivity contribution in [3.8, 4) is 6.07 Å².